The van der Waals surface area contributed by atoms with E-state index in [9.17, 15) is 9.18 Å². The van der Waals surface area contributed by atoms with Crippen molar-refractivity contribution in [2.75, 3.05) is 0 Å². The van der Waals surface area contributed by atoms with Crippen LogP contribution in [0, 0.1) is 11.2 Å². The summed E-state index contributed by atoms with van der Waals surface area (Å²) in [5, 5.41) is 0.776. The number of nitrogens with zero attached hydrogens (tertiary/aromatic N) is 2. The number of fused-ring (bicyclic) bond motifs is 1. The van der Waals surface area contributed by atoms with Gasteiger partial charge in [0, 0.05) is 18.2 Å². The molecule has 0 amide bonds. The predicted molar refractivity (Wildman–Crippen MR) is 97.2 cm³/mol. The van der Waals surface area contributed by atoms with Crippen LogP contribution in [0.1, 0.15) is 36.3 Å². The van der Waals surface area contributed by atoms with E-state index in [1.54, 1.807) is 12.3 Å². The normalized spacial score (nSPS) is 15.9. The average Bonchev–Trinajstić information content (AvgIpc) is 3.03. The highest BCUT2D eigenvalue weighted by molar-refractivity contribution is 7.18. The molecule has 0 bridgehead atoms. The zero-order chi connectivity index (χ0) is 17.6. The summed E-state index contributed by atoms with van der Waals surface area (Å²) in [6, 6.07) is 10.2. The first-order chi connectivity index (χ1) is 11.9. The van der Waals surface area contributed by atoms with E-state index in [0.29, 0.717) is 6.42 Å². The lowest BCUT2D eigenvalue weighted by Crippen LogP contribution is -2.27. The van der Waals surface area contributed by atoms with Crippen molar-refractivity contribution in [3.63, 3.8) is 0 Å². The van der Waals surface area contributed by atoms with Crippen molar-refractivity contribution in [3.8, 4) is 21.1 Å². The second-order valence-corrected chi connectivity index (χ2v) is 8.20. The Kier molecular flexibility index (Phi) is 3.76. The number of benzene rings is 1. The van der Waals surface area contributed by atoms with Gasteiger partial charge < -0.3 is 0 Å². The zero-order valence-corrected chi connectivity index (χ0v) is 14.9. The third kappa shape index (κ3) is 3.12. The fraction of sp³-hybridized carbons (Fsp3) is 0.250. The Bertz CT molecular complexity index is 977. The van der Waals surface area contributed by atoms with Gasteiger partial charge >= 0.3 is 0 Å². The fourth-order valence-corrected chi connectivity index (χ4v) is 4.10. The van der Waals surface area contributed by atoms with Crippen molar-refractivity contribution < 1.29 is 9.18 Å². The number of thiazole rings is 1. The minimum absolute atomic E-state index is 0.0642. The molecule has 25 heavy (non-hydrogen) atoms. The number of Topliss-reactive ketones (excluding diaryl/α,β-unsaturated/α-hetero) is 1. The number of hydrogen-bond donors (Lipinski definition) is 0. The van der Waals surface area contributed by atoms with Crippen LogP contribution in [-0.4, -0.2) is 15.8 Å². The first-order valence-corrected chi connectivity index (χ1v) is 8.98. The molecular formula is C20H17FN2OS. The van der Waals surface area contributed by atoms with Gasteiger partial charge in [-0.2, -0.15) is 0 Å². The summed E-state index contributed by atoms with van der Waals surface area (Å²) in [5.41, 5.74) is 3.08. The molecule has 0 N–H and O–H groups in total. The largest absolute Gasteiger partial charge is 0.294 e. The maximum absolute atomic E-state index is 13.4. The van der Waals surface area contributed by atoms with E-state index in [-0.39, 0.29) is 17.0 Å². The van der Waals surface area contributed by atoms with Crippen molar-refractivity contribution in [2.24, 2.45) is 5.41 Å². The standard InChI is InChI=1S/C20H17FN2OS/c1-20(2)9-16-14(17(24)10-20)6-7-15(23-16)19-22-11-18(25-19)12-4-3-5-13(21)8-12/h3-8,11H,9-10H2,1-2H3. The number of aromatic nitrogens is 2. The molecule has 4 rings (SSSR count). The minimum Gasteiger partial charge on any atom is -0.294 e. The average molecular weight is 352 g/mol. The molecule has 126 valence electrons. The summed E-state index contributed by atoms with van der Waals surface area (Å²) < 4.78 is 13.4. The van der Waals surface area contributed by atoms with Crippen LogP contribution in [-0.2, 0) is 6.42 Å². The lowest BCUT2D eigenvalue weighted by atomic mass is 9.75. The zero-order valence-electron chi connectivity index (χ0n) is 14.0. The van der Waals surface area contributed by atoms with Gasteiger partial charge in [-0.05, 0) is 41.7 Å². The second kappa shape index (κ2) is 5.85. The Labute approximate surface area is 149 Å². The van der Waals surface area contributed by atoms with E-state index in [4.69, 9.17) is 4.98 Å². The summed E-state index contributed by atoms with van der Waals surface area (Å²) in [6.45, 7) is 4.18. The van der Waals surface area contributed by atoms with Gasteiger partial charge in [0.2, 0.25) is 0 Å². The molecule has 0 aliphatic heterocycles. The van der Waals surface area contributed by atoms with Gasteiger partial charge in [0.1, 0.15) is 10.8 Å². The Morgan fingerprint density at radius 1 is 1.16 bits per heavy atom. The van der Waals surface area contributed by atoms with Gasteiger partial charge in [0.25, 0.3) is 0 Å². The number of rotatable bonds is 2. The van der Waals surface area contributed by atoms with Crippen LogP contribution in [0.3, 0.4) is 0 Å². The topological polar surface area (TPSA) is 42.9 Å². The SMILES string of the molecule is CC1(C)CC(=O)c2ccc(-c3ncc(-c4cccc(F)c4)s3)nc2C1. The highest BCUT2D eigenvalue weighted by atomic mass is 32.1. The molecule has 0 radical (unpaired) electrons. The predicted octanol–water partition coefficient (Wildman–Crippen LogP) is 5.17. The van der Waals surface area contributed by atoms with E-state index in [2.05, 4.69) is 18.8 Å². The molecule has 2 aromatic heterocycles. The summed E-state index contributed by atoms with van der Waals surface area (Å²) in [7, 11) is 0. The summed E-state index contributed by atoms with van der Waals surface area (Å²) in [5.74, 6) is -0.106. The molecule has 0 spiro atoms. The quantitative estimate of drug-likeness (QED) is 0.639. The van der Waals surface area contributed by atoms with E-state index in [0.717, 1.165) is 38.8 Å². The van der Waals surface area contributed by atoms with Gasteiger partial charge in [0.15, 0.2) is 5.78 Å². The Morgan fingerprint density at radius 2 is 2.00 bits per heavy atom. The molecule has 0 unspecified atom stereocenters. The summed E-state index contributed by atoms with van der Waals surface area (Å²) in [4.78, 5) is 22.3. The lowest BCUT2D eigenvalue weighted by molar-refractivity contribution is 0.0910. The van der Waals surface area contributed by atoms with E-state index in [1.807, 2.05) is 18.2 Å². The van der Waals surface area contributed by atoms with Gasteiger partial charge in [-0.15, -0.1) is 11.3 Å². The molecule has 5 heteroatoms. The molecule has 0 fully saturated rings. The molecule has 1 aliphatic carbocycles. The van der Waals surface area contributed by atoms with Crippen LogP contribution < -0.4 is 0 Å². The summed E-state index contributed by atoms with van der Waals surface area (Å²) in [6.07, 6.45) is 3.08. The number of hydrogen-bond acceptors (Lipinski definition) is 4. The number of pyridine rings is 1. The molecule has 0 saturated heterocycles. The van der Waals surface area contributed by atoms with Crippen molar-refractivity contribution in [1.29, 1.82) is 0 Å². The maximum atomic E-state index is 13.4. The summed E-state index contributed by atoms with van der Waals surface area (Å²) >= 11 is 1.47. The van der Waals surface area contributed by atoms with Crippen molar-refractivity contribution in [2.45, 2.75) is 26.7 Å². The Morgan fingerprint density at radius 3 is 2.80 bits per heavy atom. The van der Waals surface area contributed by atoms with E-state index in [1.165, 1.54) is 23.5 Å². The van der Waals surface area contributed by atoms with Crippen molar-refractivity contribution in [3.05, 3.63) is 59.7 Å². The fourth-order valence-electron chi connectivity index (χ4n) is 3.22. The van der Waals surface area contributed by atoms with Gasteiger partial charge in [-0.3, -0.25) is 4.79 Å². The smallest absolute Gasteiger partial charge is 0.165 e. The van der Waals surface area contributed by atoms with E-state index >= 15 is 0 Å². The molecule has 0 saturated carbocycles. The van der Waals surface area contributed by atoms with Crippen molar-refractivity contribution in [1.82, 2.24) is 9.97 Å². The number of carbonyl (C=O) groups excluding carboxylic acids is 1. The first-order valence-electron chi connectivity index (χ1n) is 8.17. The van der Waals surface area contributed by atoms with Crippen LogP contribution in [0.4, 0.5) is 4.39 Å². The second-order valence-electron chi connectivity index (χ2n) is 7.17. The van der Waals surface area contributed by atoms with Crippen LogP contribution >= 0.6 is 11.3 Å². The molecule has 3 aromatic rings. The molecular weight excluding hydrogens is 335 g/mol. The monoisotopic (exact) mass is 352 g/mol. The Hall–Kier alpha value is -2.40. The highest BCUT2D eigenvalue weighted by Crippen LogP contribution is 2.36. The first kappa shape index (κ1) is 16.1. The molecule has 1 aromatic carbocycles. The molecule has 3 nitrogen and oxygen atoms in total. The van der Waals surface area contributed by atoms with E-state index < -0.39 is 0 Å². The van der Waals surface area contributed by atoms with Crippen molar-refractivity contribution >= 4 is 17.1 Å². The van der Waals surface area contributed by atoms with Crippen LogP contribution in [0.2, 0.25) is 0 Å². The maximum Gasteiger partial charge on any atom is 0.165 e. The minimum atomic E-state index is -0.264. The van der Waals surface area contributed by atoms with Crippen LogP contribution in [0.5, 0.6) is 0 Å². The van der Waals surface area contributed by atoms with Gasteiger partial charge in [-0.25, -0.2) is 14.4 Å². The van der Waals surface area contributed by atoms with Crippen LogP contribution in [0.25, 0.3) is 21.1 Å². The van der Waals surface area contributed by atoms with Gasteiger partial charge in [0.05, 0.1) is 16.3 Å². The van der Waals surface area contributed by atoms with Crippen LogP contribution in [0.15, 0.2) is 42.6 Å². The Balaban J connectivity index is 1.71. The third-order valence-corrected chi connectivity index (χ3v) is 5.46. The number of carbonyl (C=O) groups is 1. The third-order valence-electron chi connectivity index (χ3n) is 4.39. The number of ketones is 1. The molecule has 0 atom stereocenters. The molecule has 1 aliphatic rings. The lowest BCUT2D eigenvalue weighted by Gasteiger charge is -2.29. The molecule has 2 heterocycles. The van der Waals surface area contributed by atoms with Gasteiger partial charge in [-0.1, -0.05) is 26.0 Å². The highest BCUT2D eigenvalue weighted by Gasteiger charge is 2.32. The number of halogens is 1.